The van der Waals surface area contributed by atoms with Crippen molar-refractivity contribution in [1.82, 2.24) is 20.0 Å². The molecule has 1 fully saturated rings. The number of hydrogen-bond donors (Lipinski definition) is 1. The Morgan fingerprint density at radius 3 is 2.58 bits per heavy atom. The Labute approximate surface area is 143 Å². The van der Waals surface area contributed by atoms with Gasteiger partial charge < -0.3 is 9.52 Å². The summed E-state index contributed by atoms with van der Waals surface area (Å²) < 4.78 is 5.85. The van der Waals surface area contributed by atoms with Crippen LogP contribution in [0, 0.1) is 6.92 Å². The van der Waals surface area contributed by atoms with Crippen LogP contribution in [-0.4, -0.2) is 63.9 Å². The van der Waals surface area contributed by atoms with Crippen LogP contribution in [0.5, 0.6) is 0 Å². The van der Waals surface area contributed by atoms with Gasteiger partial charge in [0.2, 0.25) is 11.8 Å². The SMILES string of the molecule is CCC(CO)N1CCN(Cc2nnc(-c3ccccc3C)o2)CC1. The van der Waals surface area contributed by atoms with Crippen molar-refractivity contribution in [2.45, 2.75) is 32.9 Å². The van der Waals surface area contributed by atoms with E-state index in [1.165, 1.54) is 0 Å². The maximum absolute atomic E-state index is 9.42. The molecule has 3 rings (SSSR count). The lowest BCUT2D eigenvalue weighted by Gasteiger charge is -2.37. The molecule has 1 aliphatic rings. The largest absolute Gasteiger partial charge is 0.419 e. The van der Waals surface area contributed by atoms with Crippen LogP contribution in [0.3, 0.4) is 0 Å². The summed E-state index contributed by atoms with van der Waals surface area (Å²) in [7, 11) is 0. The Kier molecular flexibility index (Phi) is 5.60. The van der Waals surface area contributed by atoms with Gasteiger partial charge in [0.05, 0.1) is 13.2 Å². The van der Waals surface area contributed by atoms with Crippen LogP contribution >= 0.6 is 0 Å². The van der Waals surface area contributed by atoms with Crippen molar-refractivity contribution in [3.05, 3.63) is 35.7 Å². The summed E-state index contributed by atoms with van der Waals surface area (Å²) in [5.74, 6) is 1.25. The van der Waals surface area contributed by atoms with Gasteiger partial charge in [-0.1, -0.05) is 25.1 Å². The highest BCUT2D eigenvalue weighted by atomic mass is 16.4. The second-order valence-corrected chi connectivity index (χ2v) is 6.37. The van der Waals surface area contributed by atoms with Gasteiger partial charge in [0, 0.05) is 37.8 Å². The molecule has 1 N–H and O–H groups in total. The molecule has 0 aliphatic carbocycles. The number of hydrogen-bond acceptors (Lipinski definition) is 6. The molecule has 0 saturated carbocycles. The predicted molar refractivity (Wildman–Crippen MR) is 92.5 cm³/mol. The van der Waals surface area contributed by atoms with Crippen LogP contribution in [0.15, 0.2) is 28.7 Å². The Bertz CT molecular complexity index is 646. The minimum Gasteiger partial charge on any atom is -0.419 e. The molecule has 0 bridgehead atoms. The minimum atomic E-state index is 0.236. The molecule has 0 spiro atoms. The van der Waals surface area contributed by atoms with E-state index in [2.05, 4.69) is 26.9 Å². The number of aliphatic hydroxyl groups is 1. The van der Waals surface area contributed by atoms with E-state index in [1.54, 1.807) is 0 Å². The summed E-state index contributed by atoms with van der Waals surface area (Å²) in [6.45, 7) is 8.94. The summed E-state index contributed by atoms with van der Waals surface area (Å²) in [6.07, 6.45) is 0.986. The van der Waals surface area contributed by atoms with Gasteiger partial charge in [-0.2, -0.15) is 0 Å². The van der Waals surface area contributed by atoms with Crippen molar-refractivity contribution in [3.63, 3.8) is 0 Å². The molecule has 6 nitrogen and oxygen atoms in total. The minimum absolute atomic E-state index is 0.236. The Balaban J connectivity index is 1.58. The number of aliphatic hydroxyl groups excluding tert-OH is 1. The summed E-state index contributed by atoms with van der Waals surface area (Å²) >= 11 is 0. The molecular formula is C18H26N4O2. The van der Waals surface area contributed by atoms with Gasteiger partial charge in [-0.15, -0.1) is 10.2 Å². The number of aromatic nitrogens is 2. The lowest BCUT2D eigenvalue weighted by molar-refractivity contribution is 0.0577. The molecule has 2 aromatic rings. The average molecular weight is 330 g/mol. The van der Waals surface area contributed by atoms with Crippen LogP contribution < -0.4 is 0 Å². The highest BCUT2D eigenvalue weighted by molar-refractivity contribution is 5.57. The number of nitrogens with zero attached hydrogens (tertiary/aromatic N) is 4. The van der Waals surface area contributed by atoms with Crippen molar-refractivity contribution in [3.8, 4) is 11.5 Å². The van der Waals surface area contributed by atoms with Crippen LogP contribution in [0.4, 0.5) is 0 Å². The van der Waals surface area contributed by atoms with E-state index in [-0.39, 0.29) is 12.6 Å². The zero-order chi connectivity index (χ0) is 16.9. The van der Waals surface area contributed by atoms with Gasteiger partial charge in [-0.25, -0.2) is 0 Å². The number of rotatable bonds is 6. The zero-order valence-electron chi connectivity index (χ0n) is 14.5. The van der Waals surface area contributed by atoms with E-state index >= 15 is 0 Å². The fourth-order valence-electron chi connectivity index (χ4n) is 3.22. The molecule has 24 heavy (non-hydrogen) atoms. The first kappa shape index (κ1) is 17.1. The van der Waals surface area contributed by atoms with E-state index < -0.39 is 0 Å². The van der Waals surface area contributed by atoms with Crippen LogP contribution in [-0.2, 0) is 6.54 Å². The highest BCUT2D eigenvalue weighted by Gasteiger charge is 2.23. The molecule has 1 unspecified atom stereocenters. The third-order valence-electron chi connectivity index (χ3n) is 4.81. The predicted octanol–water partition coefficient (Wildman–Crippen LogP) is 1.93. The fourth-order valence-corrected chi connectivity index (χ4v) is 3.22. The third-order valence-corrected chi connectivity index (χ3v) is 4.81. The van der Waals surface area contributed by atoms with E-state index in [0.717, 1.165) is 43.7 Å². The van der Waals surface area contributed by atoms with E-state index in [4.69, 9.17) is 4.42 Å². The molecule has 1 aromatic carbocycles. The average Bonchev–Trinajstić information content (AvgIpc) is 3.06. The zero-order valence-corrected chi connectivity index (χ0v) is 14.5. The molecule has 1 atom stereocenters. The first-order chi connectivity index (χ1) is 11.7. The topological polar surface area (TPSA) is 65.6 Å². The quantitative estimate of drug-likeness (QED) is 0.873. The van der Waals surface area contributed by atoms with Gasteiger partial charge in [-0.3, -0.25) is 9.80 Å². The van der Waals surface area contributed by atoms with Crippen molar-refractivity contribution < 1.29 is 9.52 Å². The maximum atomic E-state index is 9.42. The molecule has 6 heteroatoms. The van der Waals surface area contributed by atoms with E-state index in [1.807, 2.05) is 31.2 Å². The van der Waals surface area contributed by atoms with Gasteiger partial charge >= 0.3 is 0 Å². The van der Waals surface area contributed by atoms with Crippen LogP contribution in [0.25, 0.3) is 11.5 Å². The summed E-state index contributed by atoms with van der Waals surface area (Å²) in [5.41, 5.74) is 2.13. The molecule has 0 amide bonds. The molecule has 130 valence electrons. The number of aryl methyl sites for hydroxylation is 1. The first-order valence-electron chi connectivity index (χ1n) is 8.67. The lowest BCUT2D eigenvalue weighted by atomic mass is 10.1. The third kappa shape index (κ3) is 3.83. The Morgan fingerprint density at radius 2 is 1.92 bits per heavy atom. The first-order valence-corrected chi connectivity index (χ1v) is 8.67. The second kappa shape index (κ2) is 7.88. The van der Waals surface area contributed by atoms with Crippen LogP contribution in [0.2, 0.25) is 0 Å². The Morgan fingerprint density at radius 1 is 1.17 bits per heavy atom. The molecular weight excluding hydrogens is 304 g/mol. The van der Waals surface area contributed by atoms with Gasteiger partial charge in [0.15, 0.2) is 0 Å². The van der Waals surface area contributed by atoms with E-state index in [0.29, 0.717) is 18.3 Å². The summed E-state index contributed by atoms with van der Waals surface area (Å²) in [4.78, 5) is 4.69. The van der Waals surface area contributed by atoms with Crippen molar-refractivity contribution >= 4 is 0 Å². The monoisotopic (exact) mass is 330 g/mol. The van der Waals surface area contributed by atoms with Crippen LogP contribution in [0.1, 0.15) is 24.8 Å². The van der Waals surface area contributed by atoms with Gasteiger partial charge in [0.1, 0.15) is 0 Å². The molecule has 1 aromatic heterocycles. The summed E-state index contributed by atoms with van der Waals surface area (Å²) in [5, 5.41) is 17.8. The highest BCUT2D eigenvalue weighted by Crippen LogP contribution is 2.22. The summed E-state index contributed by atoms with van der Waals surface area (Å²) in [6, 6.07) is 8.32. The van der Waals surface area contributed by atoms with Crippen molar-refractivity contribution in [1.29, 1.82) is 0 Å². The van der Waals surface area contributed by atoms with Gasteiger partial charge in [0.25, 0.3) is 0 Å². The molecule has 1 aliphatic heterocycles. The maximum Gasteiger partial charge on any atom is 0.248 e. The molecule has 0 radical (unpaired) electrons. The second-order valence-electron chi connectivity index (χ2n) is 6.37. The fraction of sp³-hybridized carbons (Fsp3) is 0.556. The van der Waals surface area contributed by atoms with Crippen molar-refractivity contribution in [2.75, 3.05) is 32.8 Å². The molecule has 1 saturated heterocycles. The lowest BCUT2D eigenvalue weighted by Crippen LogP contribution is -2.50. The Hall–Kier alpha value is -1.76. The molecule has 2 heterocycles. The standard InChI is InChI=1S/C18H26N4O2/c1-3-15(13-23)22-10-8-21(9-11-22)12-17-19-20-18(24-17)16-7-5-4-6-14(16)2/h4-7,15,23H,3,8-13H2,1-2H3. The normalized spacial score (nSPS) is 18.0. The smallest absolute Gasteiger partial charge is 0.248 e. The van der Waals surface area contributed by atoms with Crippen molar-refractivity contribution in [2.24, 2.45) is 0 Å². The number of benzene rings is 1. The number of piperazine rings is 1. The van der Waals surface area contributed by atoms with E-state index in [9.17, 15) is 5.11 Å². The van der Waals surface area contributed by atoms with Gasteiger partial charge in [-0.05, 0) is 25.0 Å².